The molecule has 66 nitrogen and oxygen atoms in total. The maximum Gasteiger partial charge on any atom is 0.352 e. The fraction of sp³-hybridized carbons (Fsp3) is 0.130. The number of hydrogen-bond acceptors (Lipinski definition) is 48. The molecule has 0 amide bonds. The van der Waals surface area contributed by atoms with Gasteiger partial charge in [0.25, 0.3) is 40.9 Å². The SMILES string of the molecule is Cc1nc(N=Nc2c(C)nn(-c3cncc(=O)[nH]3)c2N)n(-c2ccccn2)n1.Cc1nc(N=Nc2c(C)nn(-c3nc(=O)[nH]c(=O)[nH]3)c2N)n(-c2ccccn2)n1.Cc1nc(N=Nc2c(C)nn(-c3nc(=O)[nH]c(=O)[nH]3)c2N)n(-c2ccccn2)n1.Cc1nc(N=Nc2c(C)nn(-c3nc(=O)[nH]c(=O)[nH]3)c2N)n(-c2ccccn2)n1.Cc1nc(N=Nc2c(C)nn(-c3ncc[nH]c3=O)c2N)n(-c2ccccn2)n1. The number of rotatable bonds is 20. The van der Waals surface area contributed by atoms with E-state index in [4.69, 9.17) is 28.7 Å². The van der Waals surface area contributed by atoms with Crippen LogP contribution in [-0.2, 0) is 0 Å². The van der Waals surface area contributed by atoms with Gasteiger partial charge in [-0.1, -0.05) is 30.3 Å². The Morgan fingerprint density at radius 2 is 0.531 bits per heavy atom. The lowest BCUT2D eigenvalue weighted by Crippen LogP contribution is -2.28. The topological polar surface area (TPSA) is 888 Å². The molecule has 0 aliphatic heterocycles. The molecule has 143 heavy (non-hydrogen) atoms. The zero-order chi connectivity index (χ0) is 101. The van der Waals surface area contributed by atoms with Crippen molar-refractivity contribution in [3.05, 3.63) is 288 Å². The van der Waals surface area contributed by atoms with Gasteiger partial charge in [0.1, 0.15) is 29.1 Å². The Morgan fingerprint density at radius 1 is 0.266 bits per heavy atom. The van der Waals surface area contributed by atoms with Gasteiger partial charge in [0.05, 0.1) is 40.9 Å². The summed E-state index contributed by atoms with van der Waals surface area (Å²) in [6.07, 6.45) is 13.6. The van der Waals surface area contributed by atoms with Crippen molar-refractivity contribution in [1.29, 1.82) is 0 Å². The molecule has 0 atom stereocenters. The largest absolute Gasteiger partial charge is 0.382 e. The maximum atomic E-state index is 12.0. The Balaban J connectivity index is 0.000000128. The summed E-state index contributed by atoms with van der Waals surface area (Å²) in [5, 5.41) is 83.8. The van der Waals surface area contributed by atoms with Crippen molar-refractivity contribution in [3.63, 3.8) is 0 Å². The predicted molar refractivity (Wildman–Crippen MR) is 498 cm³/mol. The minimum absolute atomic E-state index is 0.0284. The van der Waals surface area contributed by atoms with Crippen molar-refractivity contribution in [3.8, 4) is 58.6 Å². The van der Waals surface area contributed by atoms with Gasteiger partial charge in [-0.25, -0.2) is 58.7 Å². The number of H-pyrrole nitrogens is 8. The molecule has 0 fully saturated rings. The predicted octanol–water partition coefficient (Wildman–Crippen LogP) is 3.79. The van der Waals surface area contributed by atoms with Crippen molar-refractivity contribution >= 4 is 87.3 Å². The van der Waals surface area contributed by atoms with Gasteiger partial charge in [-0.3, -0.25) is 44.5 Å². The number of azo groups is 5. The Kier molecular flexibility index (Phi) is 27.0. The van der Waals surface area contributed by atoms with Crippen LogP contribution >= 0.6 is 0 Å². The number of pyridine rings is 5. The molecular formula is C77H72N58O8. The van der Waals surface area contributed by atoms with Crippen molar-refractivity contribution < 1.29 is 0 Å². The number of nitrogens with zero attached hydrogens (tertiary/aromatic N) is 45. The second kappa shape index (κ2) is 40.9. The van der Waals surface area contributed by atoms with E-state index in [9.17, 15) is 38.4 Å². The molecule has 66 heteroatoms. The molecule has 718 valence electrons. The van der Waals surface area contributed by atoms with E-state index in [1.807, 2.05) is 45.3 Å². The Hall–Kier alpha value is -21.9. The lowest BCUT2D eigenvalue weighted by Gasteiger charge is -2.02. The van der Waals surface area contributed by atoms with Crippen molar-refractivity contribution in [2.45, 2.75) is 69.2 Å². The lowest BCUT2D eigenvalue weighted by atomic mass is 10.4. The van der Waals surface area contributed by atoms with Crippen molar-refractivity contribution in [2.24, 2.45) is 51.1 Å². The number of nitrogens with two attached hydrogens (primary N) is 5. The minimum Gasteiger partial charge on any atom is -0.382 e. The highest BCUT2D eigenvalue weighted by Gasteiger charge is 2.25. The molecule has 0 spiro atoms. The van der Waals surface area contributed by atoms with Crippen LogP contribution in [0.1, 0.15) is 57.6 Å². The average molecular weight is 1940 g/mol. The first-order chi connectivity index (χ1) is 68.8. The quantitative estimate of drug-likeness (QED) is 0.0483. The average Bonchev–Trinajstić information content (AvgIpc) is 1.67. The molecule has 0 bridgehead atoms. The van der Waals surface area contributed by atoms with Crippen LogP contribution in [0.2, 0.25) is 0 Å². The summed E-state index contributed by atoms with van der Waals surface area (Å²) in [5.74, 6) is 6.55. The molecule has 0 saturated carbocycles. The normalized spacial score (nSPS) is 11.4. The number of nitrogens with one attached hydrogen (secondary N) is 8. The number of aromatic amines is 8. The zero-order valence-electron chi connectivity index (χ0n) is 75.6. The van der Waals surface area contributed by atoms with Gasteiger partial charge in [0.15, 0.2) is 92.4 Å². The molecule has 0 saturated heterocycles. The molecule has 0 aromatic carbocycles. The summed E-state index contributed by atoms with van der Waals surface area (Å²) in [4.78, 5) is 171. The highest BCUT2D eigenvalue weighted by Crippen LogP contribution is 2.36. The van der Waals surface area contributed by atoms with E-state index in [-0.39, 0.29) is 105 Å². The summed E-state index contributed by atoms with van der Waals surface area (Å²) in [5.41, 5.74) is 28.5. The van der Waals surface area contributed by atoms with Gasteiger partial charge in [-0.05, 0) is 130 Å². The first kappa shape index (κ1) is 94.3. The molecule has 0 aliphatic carbocycles. The summed E-state index contributed by atoms with van der Waals surface area (Å²) < 4.78 is 13.1. The Morgan fingerprint density at radius 3 is 0.790 bits per heavy atom. The third kappa shape index (κ3) is 21.3. The van der Waals surface area contributed by atoms with Crippen molar-refractivity contribution in [2.75, 3.05) is 28.7 Å². The number of anilines is 5. The Bertz CT molecular complexity index is 8190. The van der Waals surface area contributed by atoms with Gasteiger partial charge in [-0.2, -0.15) is 112 Å². The third-order valence-corrected chi connectivity index (χ3v) is 18.6. The first-order valence-electron chi connectivity index (χ1n) is 41.1. The van der Waals surface area contributed by atoms with Gasteiger partial charge in [0.2, 0.25) is 23.7 Å². The molecular weight excluding hydrogens is 1870 g/mol. The van der Waals surface area contributed by atoms with E-state index in [1.54, 1.807) is 161 Å². The molecule has 18 N–H and O–H groups in total. The van der Waals surface area contributed by atoms with Crippen molar-refractivity contribution in [1.82, 2.24) is 212 Å². The summed E-state index contributed by atoms with van der Waals surface area (Å²) in [7, 11) is 0. The molecule has 0 unspecified atom stereocenters. The van der Waals surface area contributed by atoms with Crippen LogP contribution < -0.4 is 73.9 Å². The fourth-order valence-electron chi connectivity index (χ4n) is 12.5. The number of nitrogen functional groups attached to an aromatic ring is 5. The highest BCUT2D eigenvalue weighted by molar-refractivity contribution is 5.67. The van der Waals surface area contributed by atoms with Gasteiger partial charge < -0.3 is 38.6 Å². The van der Waals surface area contributed by atoms with E-state index in [0.717, 1.165) is 20.2 Å². The van der Waals surface area contributed by atoms with Gasteiger partial charge in [0, 0.05) is 43.4 Å². The molecule has 20 rings (SSSR count). The molecule has 20 aromatic heterocycles. The molecule has 20 aromatic rings. The van der Waals surface area contributed by atoms with Gasteiger partial charge in [-0.15, -0.1) is 76.6 Å². The monoisotopic (exact) mass is 1940 g/mol. The van der Waals surface area contributed by atoms with Crippen LogP contribution in [0, 0.1) is 69.2 Å². The highest BCUT2D eigenvalue weighted by atomic mass is 16.2. The molecule has 0 aliphatic rings. The molecule has 20 heterocycles. The zero-order valence-corrected chi connectivity index (χ0v) is 75.6. The van der Waals surface area contributed by atoms with Crippen LogP contribution in [0.15, 0.2) is 236 Å². The second-order valence-corrected chi connectivity index (χ2v) is 28.9. The van der Waals surface area contributed by atoms with Crippen LogP contribution in [0.3, 0.4) is 0 Å². The maximum absolute atomic E-state index is 12.0. The number of hydrogen-bond donors (Lipinski definition) is 13. The van der Waals surface area contributed by atoms with E-state index in [2.05, 4.69) is 202 Å². The summed E-state index contributed by atoms with van der Waals surface area (Å²) in [6.45, 7) is 17.0. The second-order valence-electron chi connectivity index (χ2n) is 28.9. The van der Waals surface area contributed by atoms with Crippen LogP contribution in [0.4, 0.5) is 87.3 Å². The Labute approximate surface area is 792 Å². The first-order valence-corrected chi connectivity index (χ1v) is 41.1. The van der Waals surface area contributed by atoms with Gasteiger partial charge >= 0.3 is 34.1 Å². The fourth-order valence-corrected chi connectivity index (χ4v) is 12.5. The van der Waals surface area contributed by atoms with Crippen LogP contribution in [-0.4, -0.2) is 212 Å². The van der Waals surface area contributed by atoms with E-state index >= 15 is 0 Å². The summed E-state index contributed by atoms with van der Waals surface area (Å²) >= 11 is 0. The summed E-state index contributed by atoms with van der Waals surface area (Å²) in [6, 6.07) is 26.8. The standard InChI is InChI=1S/2C16H15N11O.3C15H14N12O2/c1-9-14(15(17)26(24-9)12-7-18-8-13(28)21-12)22-23-16-20-10(2)25-27(16)11-5-3-4-6-19-11;1-9-12(13(17)27(24-9)14-15(28)20-8-7-19-14)22-23-16-21-10(2)25-26(16)11-5-3-4-6-18-11;3*1-7-10(11(16)27(24-7)12-19-14(28)21-15(29)20-12)22-23-13-18-8(2)25-26(13)9-5-3-4-6-17-9/h3-8H,17H2,1-2H3,(H,21,28);3-8H,17H2,1-2H3,(H,20,28);3*3-6H,16H2,1-2H3,(H2,19,20,21,28,29). The van der Waals surface area contributed by atoms with E-state index < -0.39 is 39.7 Å². The van der Waals surface area contributed by atoms with E-state index in [1.165, 1.54) is 51.4 Å². The minimum atomic E-state index is -0.835. The van der Waals surface area contributed by atoms with Crippen LogP contribution in [0.5, 0.6) is 0 Å². The lowest BCUT2D eigenvalue weighted by molar-refractivity contribution is 0.767. The third-order valence-electron chi connectivity index (χ3n) is 18.6. The number of aromatic nitrogens is 43. The molecule has 0 radical (unpaired) electrons. The van der Waals surface area contributed by atoms with E-state index in [0.29, 0.717) is 104 Å². The van der Waals surface area contributed by atoms with Crippen LogP contribution in [0.25, 0.3) is 58.6 Å². The number of aryl methyl sites for hydroxylation is 10. The smallest absolute Gasteiger partial charge is 0.352 e.